The van der Waals surface area contributed by atoms with E-state index in [0.29, 0.717) is 37.6 Å². The summed E-state index contributed by atoms with van der Waals surface area (Å²) in [7, 11) is 0. The van der Waals surface area contributed by atoms with Crippen LogP contribution < -0.4 is 19.7 Å². The second kappa shape index (κ2) is 11.9. The number of carbonyl (C=O) groups is 2. The van der Waals surface area contributed by atoms with E-state index in [1.54, 1.807) is 12.4 Å². The van der Waals surface area contributed by atoms with Crippen molar-refractivity contribution in [1.29, 1.82) is 0 Å². The van der Waals surface area contributed by atoms with Crippen LogP contribution >= 0.6 is 0 Å². The van der Waals surface area contributed by atoms with Gasteiger partial charge in [0.25, 0.3) is 0 Å². The van der Waals surface area contributed by atoms with Gasteiger partial charge in [0.1, 0.15) is 11.9 Å². The van der Waals surface area contributed by atoms with Gasteiger partial charge in [-0.25, -0.2) is 4.98 Å². The molecule has 39 heavy (non-hydrogen) atoms. The molecule has 9 heteroatoms. The molecular formula is C30H36N4O5. The van der Waals surface area contributed by atoms with E-state index in [0.717, 1.165) is 62.1 Å². The molecule has 1 atom stereocenters. The smallest absolute Gasteiger partial charge is 0.313 e. The van der Waals surface area contributed by atoms with Gasteiger partial charge in [-0.1, -0.05) is 35.4 Å². The van der Waals surface area contributed by atoms with Crippen LogP contribution in [0, 0.1) is 5.41 Å². The maximum absolute atomic E-state index is 12.7. The summed E-state index contributed by atoms with van der Waals surface area (Å²) in [6, 6.07) is 7.72. The summed E-state index contributed by atoms with van der Waals surface area (Å²) in [5.41, 5.74) is 1.55. The van der Waals surface area contributed by atoms with Crippen LogP contribution in [0.5, 0.6) is 11.5 Å². The van der Waals surface area contributed by atoms with Gasteiger partial charge >= 0.3 is 5.97 Å². The summed E-state index contributed by atoms with van der Waals surface area (Å²) in [5, 5.41) is 12.4. The molecule has 0 radical (unpaired) electrons. The molecule has 206 valence electrons. The number of aliphatic carboxylic acids is 1. The summed E-state index contributed by atoms with van der Waals surface area (Å²) in [6.07, 6.45) is 13.1. The summed E-state index contributed by atoms with van der Waals surface area (Å²) in [5.74, 6) is 1.79. The van der Waals surface area contributed by atoms with E-state index in [-0.39, 0.29) is 12.0 Å². The van der Waals surface area contributed by atoms with Crippen molar-refractivity contribution in [1.82, 2.24) is 9.97 Å². The molecule has 1 saturated heterocycles. The van der Waals surface area contributed by atoms with Gasteiger partial charge in [-0.2, -0.15) is 0 Å². The van der Waals surface area contributed by atoms with E-state index in [1.165, 1.54) is 5.57 Å². The van der Waals surface area contributed by atoms with Gasteiger partial charge in [0.2, 0.25) is 5.91 Å². The number of carbonyl (C=O) groups excluding carboxylic acids is 1. The monoisotopic (exact) mass is 532 g/mol. The average molecular weight is 533 g/mol. The predicted octanol–water partition coefficient (Wildman–Crippen LogP) is 5.15. The number of amides is 1. The van der Waals surface area contributed by atoms with Crippen LogP contribution in [0.4, 0.5) is 11.6 Å². The number of ether oxygens (including phenoxy) is 2. The molecule has 1 amide bonds. The summed E-state index contributed by atoms with van der Waals surface area (Å²) >= 11 is 0. The molecular weight excluding hydrogens is 496 g/mol. The molecule has 1 aliphatic heterocycles. The molecule has 0 unspecified atom stereocenters. The molecule has 5 rings (SSSR count). The van der Waals surface area contributed by atoms with Gasteiger partial charge < -0.3 is 24.8 Å². The van der Waals surface area contributed by atoms with E-state index < -0.39 is 11.4 Å². The Hall–Kier alpha value is -3.88. The summed E-state index contributed by atoms with van der Waals surface area (Å²) < 4.78 is 12.0. The number of aromatic nitrogens is 2. The van der Waals surface area contributed by atoms with Crippen LogP contribution in [0.2, 0.25) is 0 Å². The lowest BCUT2D eigenvalue weighted by Gasteiger charge is -2.33. The zero-order chi connectivity index (χ0) is 27.2. The Kier molecular flexibility index (Phi) is 8.14. The number of anilines is 2. The van der Waals surface area contributed by atoms with Crippen molar-refractivity contribution < 1.29 is 24.2 Å². The first kappa shape index (κ1) is 26.7. The van der Waals surface area contributed by atoms with Crippen LogP contribution in [-0.4, -0.2) is 52.8 Å². The summed E-state index contributed by atoms with van der Waals surface area (Å²) in [6.45, 7) is 4.04. The first-order valence-corrected chi connectivity index (χ1v) is 13.8. The fourth-order valence-corrected chi connectivity index (χ4v) is 5.38. The second-order valence-electron chi connectivity index (χ2n) is 10.4. The van der Waals surface area contributed by atoms with E-state index in [4.69, 9.17) is 9.47 Å². The average Bonchev–Trinajstić information content (AvgIpc) is 3.76. The molecule has 1 aromatic carbocycles. The van der Waals surface area contributed by atoms with Crippen LogP contribution in [0.25, 0.3) is 0 Å². The zero-order valence-corrected chi connectivity index (χ0v) is 22.4. The van der Waals surface area contributed by atoms with Crippen LogP contribution in [-0.2, 0) is 9.59 Å². The van der Waals surface area contributed by atoms with Gasteiger partial charge in [-0.05, 0) is 64.0 Å². The maximum Gasteiger partial charge on any atom is 0.313 e. The molecule has 0 spiro atoms. The summed E-state index contributed by atoms with van der Waals surface area (Å²) in [4.78, 5) is 35.3. The van der Waals surface area contributed by atoms with Crippen molar-refractivity contribution in [2.24, 2.45) is 5.41 Å². The van der Waals surface area contributed by atoms with Crippen molar-refractivity contribution in [3.8, 4) is 11.5 Å². The highest BCUT2D eigenvalue weighted by Gasteiger charge is 2.52. The molecule has 3 aliphatic rings. The van der Waals surface area contributed by atoms with Crippen molar-refractivity contribution in [2.75, 3.05) is 29.9 Å². The topological polar surface area (TPSA) is 114 Å². The Morgan fingerprint density at radius 2 is 1.97 bits per heavy atom. The SMILES string of the molecule is CCOc1ccccc1O[C@@H]1CCCN(c2cncc(NC(=O)CCC3=CC=C(C4(C(=O)O)CC4)CC3)n2)C1. The minimum Gasteiger partial charge on any atom is -0.490 e. The molecule has 9 nitrogen and oxygen atoms in total. The molecule has 2 N–H and O–H groups in total. The quantitative estimate of drug-likeness (QED) is 0.408. The van der Waals surface area contributed by atoms with E-state index in [1.807, 2.05) is 43.3 Å². The highest BCUT2D eigenvalue weighted by Crippen LogP contribution is 2.54. The molecule has 2 aliphatic carbocycles. The van der Waals surface area contributed by atoms with Crippen LogP contribution in [0.15, 0.2) is 60.0 Å². The lowest BCUT2D eigenvalue weighted by Crippen LogP contribution is -2.41. The molecule has 2 aromatic rings. The highest BCUT2D eigenvalue weighted by atomic mass is 16.5. The Morgan fingerprint density at radius 3 is 2.69 bits per heavy atom. The molecule has 1 saturated carbocycles. The number of hydrogen-bond acceptors (Lipinski definition) is 7. The first-order valence-electron chi connectivity index (χ1n) is 13.8. The molecule has 1 aromatic heterocycles. The van der Waals surface area contributed by atoms with E-state index in [9.17, 15) is 14.7 Å². The van der Waals surface area contributed by atoms with Gasteiger partial charge in [-0.3, -0.25) is 14.6 Å². The number of para-hydroxylation sites is 2. The standard InChI is InChI=1S/C30H36N4O5/c1-2-38-24-7-3-4-8-25(24)39-23-6-5-17-34(20-23)27-19-31-18-26(32-27)33-28(35)14-11-21-9-12-22(13-10-21)30(15-16-30)29(36)37/h3-4,7-9,12,18-19,23H,2,5-6,10-11,13-17,20H2,1H3,(H,36,37)(H,32,33,35)/t23-/m1/s1. The zero-order valence-electron chi connectivity index (χ0n) is 22.4. The second-order valence-corrected chi connectivity index (χ2v) is 10.4. The maximum atomic E-state index is 12.7. The number of nitrogens with zero attached hydrogens (tertiary/aromatic N) is 3. The number of hydrogen-bond donors (Lipinski definition) is 2. The minimum absolute atomic E-state index is 0.0102. The molecule has 0 bridgehead atoms. The van der Waals surface area contributed by atoms with Crippen LogP contribution in [0.1, 0.15) is 58.3 Å². The van der Waals surface area contributed by atoms with Gasteiger partial charge in [0.05, 0.1) is 31.0 Å². The minimum atomic E-state index is -0.715. The van der Waals surface area contributed by atoms with Gasteiger partial charge in [0, 0.05) is 13.0 Å². The number of rotatable bonds is 11. The number of benzene rings is 1. The van der Waals surface area contributed by atoms with Crippen molar-refractivity contribution >= 4 is 23.5 Å². The van der Waals surface area contributed by atoms with Gasteiger partial charge in [0.15, 0.2) is 17.3 Å². The fourth-order valence-electron chi connectivity index (χ4n) is 5.38. The van der Waals surface area contributed by atoms with Crippen molar-refractivity contribution in [3.05, 3.63) is 60.0 Å². The van der Waals surface area contributed by atoms with Crippen molar-refractivity contribution in [3.63, 3.8) is 0 Å². The van der Waals surface area contributed by atoms with Crippen LogP contribution in [0.3, 0.4) is 0 Å². The third-order valence-corrected chi connectivity index (χ3v) is 7.72. The normalized spacial score (nSPS) is 19.9. The van der Waals surface area contributed by atoms with Gasteiger partial charge in [-0.15, -0.1) is 0 Å². The number of nitrogens with one attached hydrogen (secondary N) is 1. The predicted molar refractivity (Wildman–Crippen MR) is 148 cm³/mol. The molecule has 2 fully saturated rings. The number of carboxylic acids is 1. The van der Waals surface area contributed by atoms with Crippen molar-refractivity contribution in [2.45, 2.75) is 64.4 Å². The third kappa shape index (κ3) is 6.41. The Morgan fingerprint density at radius 1 is 1.15 bits per heavy atom. The molecule has 2 heterocycles. The Labute approximate surface area is 228 Å². The number of piperidine rings is 1. The lowest BCUT2D eigenvalue weighted by atomic mass is 9.86. The Balaban J connectivity index is 1.14. The van der Waals surface area contributed by atoms with E-state index in [2.05, 4.69) is 20.2 Å². The lowest BCUT2D eigenvalue weighted by molar-refractivity contribution is -0.141. The third-order valence-electron chi connectivity index (χ3n) is 7.72. The Bertz CT molecular complexity index is 1270. The highest BCUT2D eigenvalue weighted by molar-refractivity contribution is 5.90. The largest absolute Gasteiger partial charge is 0.490 e. The number of carboxylic acid groups (broad SMARTS) is 1. The van der Waals surface area contributed by atoms with E-state index >= 15 is 0 Å². The first-order chi connectivity index (χ1) is 19.0. The fraction of sp³-hybridized carbons (Fsp3) is 0.467. The number of allylic oxidation sites excluding steroid dienone is 3.